The van der Waals surface area contributed by atoms with Crippen molar-refractivity contribution in [3.8, 4) is 0 Å². The lowest BCUT2D eigenvalue weighted by Gasteiger charge is -2.27. The molecule has 1 aliphatic heterocycles. The molecule has 0 unspecified atom stereocenters. The first-order chi connectivity index (χ1) is 13.2. The van der Waals surface area contributed by atoms with Crippen LogP contribution in [0.25, 0.3) is 5.65 Å². The molecule has 7 nitrogen and oxygen atoms in total. The van der Waals surface area contributed by atoms with Crippen LogP contribution in [0.3, 0.4) is 0 Å². The lowest BCUT2D eigenvalue weighted by Crippen LogP contribution is -2.30. The van der Waals surface area contributed by atoms with E-state index >= 15 is 0 Å². The van der Waals surface area contributed by atoms with E-state index in [1.165, 1.54) is 19.3 Å². The van der Waals surface area contributed by atoms with Gasteiger partial charge in [-0.05, 0) is 50.5 Å². The van der Waals surface area contributed by atoms with Crippen molar-refractivity contribution in [2.75, 3.05) is 24.5 Å². The third-order valence-corrected chi connectivity index (χ3v) is 4.94. The van der Waals surface area contributed by atoms with Crippen LogP contribution in [0.5, 0.6) is 0 Å². The highest BCUT2D eigenvalue weighted by atomic mass is 16.1. The van der Waals surface area contributed by atoms with Crippen molar-refractivity contribution in [2.45, 2.75) is 32.6 Å². The van der Waals surface area contributed by atoms with Gasteiger partial charge in [0.25, 0.3) is 5.91 Å². The third kappa shape index (κ3) is 3.92. The first-order valence-electron chi connectivity index (χ1n) is 9.52. The summed E-state index contributed by atoms with van der Waals surface area (Å²) in [7, 11) is 0. The summed E-state index contributed by atoms with van der Waals surface area (Å²) in [5, 5.41) is 16.1. The van der Waals surface area contributed by atoms with E-state index in [-0.39, 0.29) is 5.91 Å². The summed E-state index contributed by atoms with van der Waals surface area (Å²) in [6, 6.07) is 11.5. The normalized spacial score (nSPS) is 14.5. The van der Waals surface area contributed by atoms with Gasteiger partial charge in [0.15, 0.2) is 11.5 Å². The number of nitrogens with zero attached hydrogens (tertiary/aromatic N) is 5. The summed E-state index contributed by atoms with van der Waals surface area (Å²) in [6.45, 7) is 4.58. The Morgan fingerprint density at radius 2 is 1.81 bits per heavy atom. The summed E-state index contributed by atoms with van der Waals surface area (Å²) in [6.07, 6.45) is 4.28. The molecule has 0 bridgehead atoms. The van der Waals surface area contributed by atoms with Crippen molar-refractivity contribution in [1.82, 2.24) is 25.1 Å². The first kappa shape index (κ1) is 17.5. The number of carbonyl (C=O) groups is 1. The molecule has 0 aliphatic carbocycles. The van der Waals surface area contributed by atoms with Crippen LogP contribution < -0.4 is 10.2 Å². The fourth-order valence-corrected chi connectivity index (χ4v) is 3.37. The number of piperidine rings is 1. The molecule has 7 heteroatoms. The molecule has 1 aromatic carbocycles. The number of benzene rings is 1. The van der Waals surface area contributed by atoms with Crippen LogP contribution in [0.1, 0.15) is 41.0 Å². The van der Waals surface area contributed by atoms with Crippen molar-refractivity contribution in [1.29, 1.82) is 0 Å². The number of aromatic nitrogens is 4. The highest BCUT2D eigenvalue weighted by Crippen LogP contribution is 2.18. The van der Waals surface area contributed by atoms with Gasteiger partial charge in [0.05, 0.1) is 0 Å². The maximum absolute atomic E-state index is 12.2. The summed E-state index contributed by atoms with van der Waals surface area (Å²) < 4.78 is 1.79. The Kier molecular flexibility index (Phi) is 5.00. The molecule has 0 atom stereocenters. The molecule has 1 N–H and O–H groups in total. The zero-order valence-electron chi connectivity index (χ0n) is 15.6. The van der Waals surface area contributed by atoms with Crippen LogP contribution in [-0.2, 0) is 6.42 Å². The van der Waals surface area contributed by atoms with E-state index in [1.807, 2.05) is 43.3 Å². The van der Waals surface area contributed by atoms with Crippen molar-refractivity contribution in [3.05, 3.63) is 53.3 Å². The summed E-state index contributed by atoms with van der Waals surface area (Å²) >= 11 is 0. The molecule has 3 aromatic rings. The van der Waals surface area contributed by atoms with Crippen molar-refractivity contribution >= 4 is 17.4 Å². The minimum Gasteiger partial charge on any atom is -0.355 e. The molecule has 2 aromatic heterocycles. The Morgan fingerprint density at radius 3 is 2.59 bits per heavy atom. The van der Waals surface area contributed by atoms with E-state index in [4.69, 9.17) is 5.10 Å². The molecule has 3 heterocycles. The average Bonchev–Trinajstić information content (AvgIpc) is 3.11. The Labute approximate surface area is 158 Å². The minimum absolute atomic E-state index is 0.0780. The summed E-state index contributed by atoms with van der Waals surface area (Å²) in [5.41, 5.74) is 2.53. The van der Waals surface area contributed by atoms with E-state index < -0.39 is 0 Å². The SMILES string of the molecule is Cc1ccc(C(=O)NCCc2nnc3ccc(N4CCCCC4)nn23)cc1. The van der Waals surface area contributed by atoms with E-state index in [1.54, 1.807) is 4.52 Å². The fourth-order valence-electron chi connectivity index (χ4n) is 3.37. The number of hydrogen-bond donors (Lipinski definition) is 1. The van der Waals surface area contributed by atoms with Gasteiger partial charge in [0.2, 0.25) is 0 Å². The first-order valence-corrected chi connectivity index (χ1v) is 9.52. The number of fused-ring (bicyclic) bond motifs is 1. The van der Waals surface area contributed by atoms with Gasteiger partial charge in [-0.15, -0.1) is 15.3 Å². The molecule has 1 fully saturated rings. The maximum atomic E-state index is 12.2. The van der Waals surface area contributed by atoms with Gasteiger partial charge in [-0.2, -0.15) is 4.52 Å². The Hall–Kier alpha value is -2.96. The average molecular weight is 364 g/mol. The largest absolute Gasteiger partial charge is 0.355 e. The highest BCUT2D eigenvalue weighted by molar-refractivity contribution is 5.94. The van der Waals surface area contributed by atoms with Gasteiger partial charge in [-0.3, -0.25) is 4.79 Å². The lowest BCUT2D eigenvalue weighted by atomic mass is 10.1. The number of nitrogens with one attached hydrogen (secondary N) is 1. The van der Waals surface area contributed by atoms with Crippen molar-refractivity contribution < 1.29 is 4.79 Å². The molecule has 0 radical (unpaired) electrons. The van der Waals surface area contributed by atoms with Crippen molar-refractivity contribution in [2.24, 2.45) is 0 Å². The molecule has 1 saturated heterocycles. The molecule has 27 heavy (non-hydrogen) atoms. The van der Waals surface area contributed by atoms with E-state index in [9.17, 15) is 4.79 Å². The number of rotatable bonds is 5. The van der Waals surface area contributed by atoms with E-state index in [0.29, 0.717) is 18.5 Å². The van der Waals surface area contributed by atoms with Crippen LogP contribution in [0.15, 0.2) is 36.4 Å². The molecule has 0 spiro atoms. The second-order valence-corrected chi connectivity index (χ2v) is 7.00. The summed E-state index contributed by atoms with van der Waals surface area (Å²) in [5.74, 6) is 1.64. The lowest BCUT2D eigenvalue weighted by molar-refractivity contribution is 0.0954. The van der Waals surface area contributed by atoms with E-state index in [2.05, 4.69) is 20.4 Å². The number of aryl methyl sites for hydroxylation is 1. The quantitative estimate of drug-likeness (QED) is 0.752. The highest BCUT2D eigenvalue weighted by Gasteiger charge is 2.15. The maximum Gasteiger partial charge on any atom is 0.251 e. The second kappa shape index (κ2) is 7.73. The molecular formula is C20H24N6O. The van der Waals surface area contributed by atoms with Crippen molar-refractivity contribution in [3.63, 3.8) is 0 Å². The number of amides is 1. The van der Waals surface area contributed by atoms with Crippen LogP contribution in [0, 0.1) is 6.92 Å². The number of carbonyl (C=O) groups excluding carboxylic acids is 1. The molecule has 0 saturated carbocycles. The number of anilines is 1. The smallest absolute Gasteiger partial charge is 0.251 e. The molecule has 140 valence electrons. The van der Waals surface area contributed by atoms with Crippen LogP contribution in [0.2, 0.25) is 0 Å². The Bertz CT molecular complexity index is 927. The van der Waals surface area contributed by atoms with Gasteiger partial charge in [0, 0.05) is 31.6 Å². The fraction of sp³-hybridized carbons (Fsp3) is 0.400. The molecular weight excluding hydrogens is 340 g/mol. The zero-order chi connectivity index (χ0) is 18.6. The molecule has 4 rings (SSSR count). The zero-order valence-corrected chi connectivity index (χ0v) is 15.6. The van der Waals surface area contributed by atoms with Gasteiger partial charge < -0.3 is 10.2 Å². The third-order valence-electron chi connectivity index (χ3n) is 4.94. The van der Waals surface area contributed by atoms with Gasteiger partial charge in [0.1, 0.15) is 5.82 Å². The van der Waals surface area contributed by atoms with Gasteiger partial charge in [-0.1, -0.05) is 17.7 Å². The van der Waals surface area contributed by atoms with Crippen LogP contribution in [0.4, 0.5) is 5.82 Å². The Morgan fingerprint density at radius 1 is 1.04 bits per heavy atom. The predicted octanol–water partition coefficient (Wildman–Crippen LogP) is 2.40. The predicted molar refractivity (Wildman–Crippen MR) is 104 cm³/mol. The van der Waals surface area contributed by atoms with Crippen LogP contribution >= 0.6 is 0 Å². The monoisotopic (exact) mass is 364 g/mol. The summed E-state index contributed by atoms with van der Waals surface area (Å²) in [4.78, 5) is 14.5. The van der Waals surface area contributed by atoms with E-state index in [0.717, 1.165) is 35.9 Å². The number of hydrogen-bond acceptors (Lipinski definition) is 5. The Balaban J connectivity index is 1.42. The topological polar surface area (TPSA) is 75.4 Å². The van der Waals surface area contributed by atoms with Gasteiger partial charge in [-0.25, -0.2) is 0 Å². The van der Waals surface area contributed by atoms with Crippen LogP contribution in [-0.4, -0.2) is 45.4 Å². The second-order valence-electron chi connectivity index (χ2n) is 7.00. The molecule has 1 amide bonds. The minimum atomic E-state index is -0.0780. The molecule has 1 aliphatic rings. The standard InChI is InChI=1S/C20H24N6O/c1-15-5-7-16(8-6-15)20(27)21-12-11-18-23-22-17-9-10-19(24-26(17)18)25-13-3-2-4-14-25/h5-10H,2-4,11-14H2,1H3,(H,21,27). The van der Waals surface area contributed by atoms with Gasteiger partial charge >= 0.3 is 0 Å².